The van der Waals surface area contributed by atoms with E-state index < -0.39 is 46.6 Å². The molecule has 1 saturated carbocycles. The van der Waals surface area contributed by atoms with Crippen LogP contribution in [0.2, 0.25) is 10.0 Å². The lowest BCUT2D eigenvalue weighted by Gasteiger charge is -2.37. The molecule has 7 nitrogen and oxygen atoms in total. The van der Waals surface area contributed by atoms with Gasteiger partial charge in [0, 0.05) is 28.6 Å². The van der Waals surface area contributed by atoms with Crippen LogP contribution in [0, 0.1) is 28.4 Å². The Morgan fingerprint density at radius 3 is 2.27 bits per heavy atom. The number of hydrogen-bond acceptors (Lipinski definition) is 5. The summed E-state index contributed by atoms with van der Waals surface area (Å²) in [6.45, 7) is 11.5. The van der Waals surface area contributed by atoms with Gasteiger partial charge in [-0.1, -0.05) is 81.4 Å². The topological polar surface area (TPSA) is 117 Å². The Morgan fingerprint density at radius 1 is 1.09 bits per heavy atom. The number of ether oxygens (including phenoxy) is 1. The second-order valence-corrected chi connectivity index (χ2v) is 14.9. The Morgan fingerprint density at radius 2 is 1.73 bits per heavy atom. The lowest BCUT2D eigenvalue weighted by molar-refractivity contribution is -0.120. The van der Waals surface area contributed by atoms with Gasteiger partial charge in [0.05, 0.1) is 17.1 Å². The molecule has 2 amide bonds. The number of amides is 2. The SMILES string of the molecule is CC(C)(C)CC1N[C@@H](C(N)=O)C(c2cccc(Cl)c2F)[C@@]1(C#N)c1ccc(Cl)cc1F.CC(C)(C)OC(=O)NC1CCCCC1. The number of alkyl carbamates (subject to hydrolysis) is 1. The monoisotopic (exact) mass is 664 g/mol. The van der Waals surface area contributed by atoms with Crippen LogP contribution in [-0.4, -0.2) is 35.7 Å². The Kier molecular flexibility index (Phi) is 11.9. The molecule has 1 aliphatic heterocycles. The summed E-state index contributed by atoms with van der Waals surface area (Å²) >= 11 is 12.0. The van der Waals surface area contributed by atoms with Gasteiger partial charge in [0.1, 0.15) is 22.7 Å². The van der Waals surface area contributed by atoms with Gasteiger partial charge in [0.25, 0.3) is 0 Å². The van der Waals surface area contributed by atoms with E-state index in [0.717, 1.165) is 18.9 Å². The largest absolute Gasteiger partial charge is 0.444 e. The van der Waals surface area contributed by atoms with Gasteiger partial charge in [-0.2, -0.15) is 5.26 Å². The van der Waals surface area contributed by atoms with Crippen molar-refractivity contribution in [3.8, 4) is 6.07 Å². The third-order valence-corrected chi connectivity index (χ3v) is 8.61. The fraction of sp³-hybridized carbons (Fsp3) is 0.559. The first-order valence-corrected chi connectivity index (χ1v) is 16.0. The number of nitrogens with two attached hydrogens (primary N) is 1. The predicted octanol–water partition coefficient (Wildman–Crippen LogP) is 7.92. The van der Waals surface area contributed by atoms with Crippen LogP contribution in [0.4, 0.5) is 13.6 Å². The highest BCUT2D eigenvalue weighted by atomic mass is 35.5. The molecule has 2 aromatic rings. The summed E-state index contributed by atoms with van der Waals surface area (Å²) in [6.07, 6.45) is 6.06. The number of nitrogens with zero attached hydrogens (tertiary/aromatic N) is 1. The van der Waals surface area contributed by atoms with E-state index >= 15 is 8.78 Å². The third kappa shape index (κ3) is 9.08. The summed E-state index contributed by atoms with van der Waals surface area (Å²) in [6, 6.07) is 9.08. The van der Waals surface area contributed by atoms with E-state index in [9.17, 15) is 14.9 Å². The Bertz CT molecular complexity index is 1410. The van der Waals surface area contributed by atoms with Crippen molar-refractivity contribution in [3.63, 3.8) is 0 Å². The minimum atomic E-state index is -1.65. The molecule has 2 unspecified atom stereocenters. The van der Waals surface area contributed by atoms with E-state index in [4.69, 9.17) is 33.7 Å². The zero-order valence-corrected chi connectivity index (χ0v) is 28.3. The molecule has 0 spiro atoms. The van der Waals surface area contributed by atoms with Crippen molar-refractivity contribution in [1.82, 2.24) is 10.6 Å². The highest BCUT2D eigenvalue weighted by molar-refractivity contribution is 6.31. The van der Waals surface area contributed by atoms with E-state index in [1.165, 1.54) is 49.6 Å². The molecule has 4 rings (SSSR count). The van der Waals surface area contributed by atoms with Gasteiger partial charge in [-0.05, 0) is 69.2 Å². The number of primary amides is 1. The molecule has 0 bridgehead atoms. The maximum absolute atomic E-state index is 15.2. The van der Waals surface area contributed by atoms with Gasteiger partial charge in [-0.15, -0.1) is 0 Å². The maximum atomic E-state index is 15.2. The minimum Gasteiger partial charge on any atom is -0.444 e. The van der Waals surface area contributed by atoms with Crippen molar-refractivity contribution in [2.75, 3.05) is 0 Å². The van der Waals surface area contributed by atoms with Gasteiger partial charge in [0.15, 0.2) is 0 Å². The second kappa shape index (κ2) is 14.7. The average molecular weight is 666 g/mol. The molecule has 4 N–H and O–H groups in total. The molecule has 45 heavy (non-hydrogen) atoms. The van der Waals surface area contributed by atoms with Crippen molar-refractivity contribution in [1.29, 1.82) is 5.26 Å². The normalized spacial score (nSPS) is 23.8. The van der Waals surface area contributed by atoms with Gasteiger partial charge in [-0.25, -0.2) is 13.6 Å². The molecule has 11 heteroatoms. The van der Waals surface area contributed by atoms with Crippen LogP contribution in [0.3, 0.4) is 0 Å². The number of carbonyl (C=O) groups excluding carboxylic acids is 2. The smallest absolute Gasteiger partial charge is 0.407 e. The standard InChI is InChI=1S/C23H23Cl2F2N3O.C11H21NO2/c1-22(2,3)10-17-23(11-28,14-8-7-12(24)9-16(14)26)18(20(30-17)21(29)31)13-5-4-6-15(25)19(13)27;1-11(2,3)14-10(13)12-9-7-5-4-6-8-9/h4-9,17-18,20,30H,10H2,1-3H3,(H2,29,31);9H,4-8H2,1-3H3,(H,12,13)/t17?,18?,20-,23+;/m1./s1. The maximum Gasteiger partial charge on any atom is 0.407 e. The van der Waals surface area contributed by atoms with Gasteiger partial charge >= 0.3 is 6.09 Å². The number of halogens is 4. The first kappa shape index (κ1) is 36.5. The number of nitrogens with one attached hydrogen (secondary N) is 2. The molecule has 1 saturated heterocycles. The molecular formula is C34H44Cl2F2N4O3. The molecule has 1 heterocycles. The fourth-order valence-electron chi connectivity index (χ4n) is 6.30. The minimum absolute atomic E-state index is 0.0225. The van der Waals surface area contributed by atoms with Crippen LogP contribution >= 0.6 is 23.2 Å². The van der Waals surface area contributed by atoms with E-state index in [-0.39, 0.29) is 32.7 Å². The molecule has 2 aliphatic rings. The fourth-order valence-corrected chi connectivity index (χ4v) is 6.64. The van der Waals surface area contributed by atoms with Crippen molar-refractivity contribution < 1.29 is 23.1 Å². The number of rotatable bonds is 5. The summed E-state index contributed by atoms with van der Waals surface area (Å²) in [7, 11) is 0. The zero-order chi connectivity index (χ0) is 33.7. The molecule has 246 valence electrons. The van der Waals surface area contributed by atoms with E-state index in [0.29, 0.717) is 12.5 Å². The summed E-state index contributed by atoms with van der Waals surface area (Å²) in [5, 5.41) is 16.6. The van der Waals surface area contributed by atoms with Gasteiger partial charge < -0.3 is 21.1 Å². The van der Waals surface area contributed by atoms with E-state index in [1.807, 2.05) is 41.5 Å². The number of hydrogen-bond donors (Lipinski definition) is 3. The van der Waals surface area contributed by atoms with Gasteiger partial charge in [-0.3, -0.25) is 4.79 Å². The van der Waals surface area contributed by atoms with Gasteiger partial charge in [0.2, 0.25) is 5.91 Å². The Balaban J connectivity index is 0.000000330. The molecule has 2 fully saturated rings. The van der Waals surface area contributed by atoms with E-state index in [1.54, 1.807) is 0 Å². The summed E-state index contributed by atoms with van der Waals surface area (Å²) in [5.74, 6) is -3.37. The highest BCUT2D eigenvalue weighted by Crippen LogP contribution is 2.52. The molecule has 4 atom stereocenters. The zero-order valence-electron chi connectivity index (χ0n) is 26.8. The molecule has 0 radical (unpaired) electrons. The van der Waals surface area contributed by atoms with Crippen LogP contribution in [0.5, 0.6) is 0 Å². The van der Waals surface area contributed by atoms with Crippen LogP contribution in [-0.2, 0) is 14.9 Å². The molecular weight excluding hydrogens is 621 g/mol. The van der Waals surface area contributed by atoms with Crippen molar-refractivity contribution in [2.45, 2.75) is 115 Å². The van der Waals surface area contributed by atoms with Crippen LogP contribution in [0.1, 0.15) is 97.1 Å². The van der Waals surface area contributed by atoms with Crippen molar-refractivity contribution in [2.24, 2.45) is 11.1 Å². The number of benzene rings is 2. The first-order chi connectivity index (χ1) is 20.9. The Labute approximate surface area is 275 Å². The lowest BCUT2D eigenvalue weighted by atomic mass is 9.62. The molecule has 0 aromatic heterocycles. The van der Waals surface area contributed by atoms with Crippen LogP contribution in [0.15, 0.2) is 36.4 Å². The molecule has 2 aromatic carbocycles. The van der Waals surface area contributed by atoms with Crippen molar-refractivity contribution in [3.05, 3.63) is 69.2 Å². The van der Waals surface area contributed by atoms with Crippen molar-refractivity contribution >= 4 is 35.2 Å². The number of nitriles is 1. The average Bonchev–Trinajstić information content (AvgIpc) is 3.23. The second-order valence-electron chi connectivity index (χ2n) is 14.1. The summed E-state index contributed by atoms with van der Waals surface area (Å²) in [5.41, 5.74) is 3.39. The summed E-state index contributed by atoms with van der Waals surface area (Å²) in [4.78, 5) is 23.8. The summed E-state index contributed by atoms with van der Waals surface area (Å²) < 4.78 is 35.6. The number of carbonyl (C=O) groups is 2. The third-order valence-electron chi connectivity index (χ3n) is 8.08. The predicted molar refractivity (Wildman–Crippen MR) is 173 cm³/mol. The van der Waals surface area contributed by atoms with Crippen LogP contribution in [0.25, 0.3) is 0 Å². The van der Waals surface area contributed by atoms with Crippen LogP contribution < -0.4 is 16.4 Å². The molecule has 1 aliphatic carbocycles. The van der Waals surface area contributed by atoms with E-state index in [2.05, 4.69) is 16.7 Å². The first-order valence-electron chi connectivity index (χ1n) is 15.2. The highest BCUT2D eigenvalue weighted by Gasteiger charge is 2.60. The lowest BCUT2D eigenvalue weighted by Crippen LogP contribution is -2.45. The quantitative estimate of drug-likeness (QED) is 0.300. The Hall–Kier alpha value is -2.93.